The van der Waals surface area contributed by atoms with Crippen LogP contribution in [-0.2, 0) is 22.7 Å². The van der Waals surface area contributed by atoms with Gasteiger partial charge in [0.1, 0.15) is 23.6 Å². The van der Waals surface area contributed by atoms with Crippen molar-refractivity contribution >= 4 is 41.1 Å². The number of carbonyl (C=O) groups excluding carboxylic acids is 5. The topological polar surface area (TPSA) is 199 Å². The molecule has 0 bridgehead atoms. The number of hydrogen-bond donors (Lipinski definition) is 3. The number of carbonyl (C=O) groups is 5. The Morgan fingerprint density at radius 2 is 1.80 bits per heavy atom. The van der Waals surface area contributed by atoms with Gasteiger partial charge in [-0.3, -0.25) is 48.9 Å². The predicted molar refractivity (Wildman–Crippen MR) is 202 cm³/mol. The number of ether oxygens (including phenoxy) is 1. The quantitative estimate of drug-likeness (QED) is 0.126. The molecule has 7 rings (SSSR count). The molecule has 290 valence electrons. The number of hydrogen-bond acceptors (Lipinski definition) is 11. The standard InChI is InChI=1S/C39H41ClN10O6/c1-24(22-49-12-10-32(46-49)25-4-5-26(21-41)31(40)18-25)42-36(52)33-19-27(44-45-33)23-48-15-13-47(14-16-48)11-2-3-17-56-28-6-7-29-30(20-28)39(55)50(38(29)54)34-8-9-35(51)43-37(34)53/h4-7,10,12,18-20,24,34H,2-3,8-9,11,13-17,22-23H2,1H3,(H,42,52)(H,44,45)(H,43,51,53)/t24-,34?/m1/s1. The number of fused-ring (bicyclic) bond motifs is 1. The van der Waals surface area contributed by atoms with E-state index in [1.165, 1.54) is 0 Å². The van der Waals surface area contributed by atoms with Crippen LogP contribution in [0.1, 0.15) is 75.1 Å². The van der Waals surface area contributed by atoms with Crippen molar-refractivity contribution in [3.8, 4) is 23.1 Å². The summed E-state index contributed by atoms with van der Waals surface area (Å²) < 4.78 is 7.66. The Kier molecular flexibility index (Phi) is 11.6. The maximum Gasteiger partial charge on any atom is 0.272 e. The number of rotatable bonds is 14. The highest BCUT2D eigenvalue weighted by atomic mass is 35.5. The maximum atomic E-state index is 13.1. The second-order valence-electron chi connectivity index (χ2n) is 14.2. The highest BCUT2D eigenvalue weighted by molar-refractivity contribution is 6.32. The van der Waals surface area contributed by atoms with Crippen LogP contribution in [0.2, 0.25) is 5.02 Å². The second kappa shape index (κ2) is 16.9. The molecular formula is C39H41ClN10O6. The van der Waals surface area contributed by atoms with Crippen LogP contribution in [0.4, 0.5) is 0 Å². The zero-order valence-electron chi connectivity index (χ0n) is 30.8. The lowest BCUT2D eigenvalue weighted by atomic mass is 10.0. The molecule has 1 unspecified atom stereocenters. The minimum Gasteiger partial charge on any atom is -0.494 e. The summed E-state index contributed by atoms with van der Waals surface area (Å²) in [4.78, 5) is 68.5. The van der Waals surface area contributed by atoms with Crippen LogP contribution < -0.4 is 15.4 Å². The van der Waals surface area contributed by atoms with Crippen LogP contribution in [0.3, 0.4) is 0 Å². The van der Waals surface area contributed by atoms with Gasteiger partial charge in [-0.15, -0.1) is 0 Å². The number of nitrogens with zero attached hydrogens (tertiary/aromatic N) is 7. The maximum absolute atomic E-state index is 13.1. The highest BCUT2D eigenvalue weighted by Crippen LogP contribution is 2.30. The highest BCUT2D eigenvalue weighted by Gasteiger charge is 2.44. The third-order valence-corrected chi connectivity index (χ3v) is 10.4. The summed E-state index contributed by atoms with van der Waals surface area (Å²) in [6.07, 6.45) is 3.75. The van der Waals surface area contributed by atoms with Crippen LogP contribution >= 0.6 is 11.6 Å². The van der Waals surface area contributed by atoms with E-state index in [0.717, 1.165) is 67.4 Å². The average molecular weight is 781 g/mol. The van der Waals surface area contributed by atoms with Crippen LogP contribution in [0.5, 0.6) is 5.75 Å². The van der Waals surface area contributed by atoms with Crippen molar-refractivity contribution < 1.29 is 28.7 Å². The summed E-state index contributed by atoms with van der Waals surface area (Å²) in [6.45, 7) is 7.98. The molecule has 3 aliphatic heterocycles. The van der Waals surface area contributed by atoms with Gasteiger partial charge in [0.15, 0.2) is 0 Å². The molecule has 2 aromatic heterocycles. The molecule has 4 aromatic rings. The van der Waals surface area contributed by atoms with Crippen molar-refractivity contribution in [2.45, 2.75) is 57.8 Å². The summed E-state index contributed by atoms with van der Waals surface area (Å²) >= 11 is 6.18. The molecule has 0 saturated carbocycles. The van der Waals surface area contributed by atoms with Crippen LogP contribution in [-0.4, -0.2) is 116 Å². The molecule has 3 N–H and O–H groups in total. The van der Waals surface area contributed by atoms with E-state index in [-0.39, 0.29) is 35.9 Å². The van der Waals surface area contributed by atoms with E-state index < -0.39 is 29.7 Å². The van der Waals surface area contributed by atoms with Crippen molar-refractivity contribution in [1.82, 2.24) is 45.3 Å². The van der Waals surface area contributed by atoms with Crippen LogP contribution in [0, 0.1) is 11.3 Å². The number of nitriles is 1. The summed E-state index contributed by atoms with van der Waals surface area (Å²) in [5, 5.41) is 26.5. The molecule has 5 amide bonds. The first-order chi connectivity index (χ1) is 27.1. The van der Waals surface area contributed by atoms with E-state index in [4.69, 9.17) is 21.6 Å². The van der Waals surface area contributed by atoms with Crippen molar-refractivity contribution in [2.24, 2.45) is 0 Å². The summed E-state index contributed by atoms with van der Waals surface area (Å²) in [5.74, 6) is -1.94. The number of amides is 5. The minimum atomic E-state index is -1.00. The molecule has 2 fully saturated rings. The first kappa shape index (κ1) is 38.4. The number of aromatic nitrogens is 4. The molecule has 0 spiro atoms. The molecule has 2 saturated heterocycles. The summed E-state index contributed by atoms with van der Waals surface area (Å²) in [7, 11) is 0. The van der Waals surface area contributed by atoms with Gasteiger partial charge < -0.3 is 15.0 Å². The normalized spacial score (nSPS) is 18.1. The number of halogens is 1. The minimum absolute atomic E-state index is 0.0700. The van der Waals surface area contributed by atoms with E-state index in [2.05, 4.69) is 41.8 Å². The zero-order valence-corrected chi connectivity index (χ0v) is 31.6. The van der Waals surface area contributed by atoms with Crippen LogP contribution in [0.25, 0.3) is 11.3 Å². The number of benzene rings is 2. The lowest BCUT2D eigenvalue weighted by Gasteiger charge is -2.34. The number of imide groups is 2. The van der Waals surface area contributed by atoms with Crippen molar-refractivity contribution in [3.05, 3.63) is 87.8 Å². The van der Waals surface area contributed by atoms with Crippen molar-refractivity contribution in [1.29, 1.82) is 5.26 Å². The monoisotopic (exact) mass is 780 g/mol. The molecular weight excluding hydrogens is 740 g/mol. The molecule has 17 heteroatoms. The largest absolute Gasteiger partial charge is 0.494 e. The average Bonchev–Trinajstić information content (AvgIpc) is 3.91. The molecule has 0 radical (unpaired) electrons. The number of piperidine rings is 1. The number of aromatic amines is 1. The Bertz CT molecular complexity index is 2200. The third kappa shape index (κ3) is 8.65. The lowest BCUT2D eigenvalue weighted by Crippen LogP contribution is -2.54. The van der Waals surface area contributed by atoms with Gasteiger partial charge in [0.2, 0.25) is 11.8 Å². The Labute approximate surface area is 327 Å². The van der Waals surface area contributed by atoms with Crippen LogP contribution in [0.15, 0.2) is 54.7 Å². The Balaban J connectivity index is 0.789. The van der Waals surface area contributed by atoms with E-state index in [9.17, 15) is 24.0 Å². The first-order valence-electron chi connectivity index (χ1n) is 18.6. The van der Waals surface area contributed by atoms with Gasteiger partial charge in [0.05, 0.1) is 46.3 Å². The fourth-order valence-electron chi connectivity index (χ4n) is 7.14. The predicted octanol–water partition coefficient (Wildman–Crippen LogP) is 2.99. The van der Waals surface area contributed by atoms with Gasteiger partial charge in [0, 0.05) is 56.9 Å². The zero-order chi connectivity index (χ0) is 39.3. The molecule has 56 heavy (non-hydrogen) atoms. The Morgan fingerprint density at radius 3 is 2.57 bits per heavy atom. The number of unbranched alkanes of at least 4 members (excludes halogenated alkanes) is 1. The molecule has 3 aliphatic rings. The van der Waals surface area contributed by atoms with Gasteiger partial charge in [-0.05, 0) is 75.2 Å². The van der Waals surface area contributed by atoms with Gasteiger partial charge in [-0.1, -0.05) is 17.7 Å². The Morgan fingerprint density at radius 1 is 1.02 bits per heavy atom. The molecule has 0 aliphatic carbocycles. The van der Waals surface area contributed by atoms with Gasteiger partial charge in [-0.2, -0.15) is 15.5 Å². The third-order valence-electron chi connectivity index (χ3n) is 10.1. The van der Waals surface area contributed by atoms with Gasteiger partial charge in [-0.25, -0.2) is 0 Å². The van der Waals surface area contributed by atoms with E-state index >= 15 is 0 Å². The Hall–Kier alpha value is -5.89. The smallest absolute Gasteiger partial charge is 0.272 e. The first-order valence-corrected chi connectivity index (χ1v) is 19.0. The fourth-order valence-corrected chi connectivity index (χ4v) is 7.37. The van der Waals surface area contributed by atoms with Gasteiger partial charge >= 0.3 is 0 Å². The molecule has 5 heterocycles. The molecule has 16 nitrogen and oxygen atoms in total. The second-order valence-corrected chi connectivity index (χ2v) is 14.6. The summed E-state index contributed by atoms with van der Waals surface area (Å²) in [6, 6.07) is 14.4. The van der Waals surface area contributed by atoms with E-state index in [1.54, 1.807) is 47.1 Å². The summed E-state index contributed by atoms with van der Waals surface area (Å²) in [5.41, 5.74) is 3.54. The number of nitrogens with one attached hydrogen (secondary N) is 3. The van der Waals surface area contributed by atoms with Crippen molar-refractivity contribution in [3.63, 3.8) is 0 Å². The number of piperazine rings is 1. The van der Waals surface area contributed by atoms with E-state index in [0.29, 0.717) is 41.7 Å². The lowest BCUT2D eigenvalue weighted by molar-refractivity contribution is -0.136. The fraction of sp³-hybridized carbons (Fsp3) is 0.385. The number of H-pyrrole nitrogens is 1. The molecule has 2 atom stereocenters. The van der Waals surface area contributed by atoms with Crippen molar-refractivity contribution in [2.75, 3.05) is 39.3 Å². The molecule has 2 aromatic carbocycles. The van der Waals surface area contributed by atoms with E-state index in [1.807, 2.05) is 19.2 Å². The SMILES string of the molecule is C[C@H](Cn1ccc(-c2ccc(C#N)c(Cl)c2)n1)NC(=O)c1cc(CN2CCN(CCCCOc3ccc4c(c3)C(=O)N(C3CCC(=O)NC3=O)C4=O)CC2)[nH]n1. The van der Waals surface area contributed by atoms with Gasteiger partial charge in [0.25, 0.3) is 17.7 Å².